The van der Waals surface area contributed by atoms with E-state index >= 15 is 0 Å². The normalized spacial score (nSPS) is 15.6. The summed E-state index contributed by atoms with van der Waals surface area (Å²) < 4.78 is 0. The Morgan fingerprint density at radius 3 is 2.47 bits per heavy atom. The van der Waals surface area contributed by atoms with Crippen molar-refractivity contribution < 1.29 is 9.90 Å². The Morgan fingerprint density at radius 2 is 1.95 bits per heavy atom. The Labute approximate surface area is 119 Å². The fourth-order valence-corrected chi connectivity index (χ4v) is 2.42. The van der Waals surface area contributed by atoms with Crippen molar-refractivity contribution in [2.75, 3.05) is 18.2 Å². The third kappa shape index (κ3) is 5.22. The number of rotatable bonds is 7. The van der Waals surface area contributed by atoms with Crippen molar-refractivity contribution in [2.24, 2.45) is 0 Å². The van der Waals surface area contributed by atoms with Crippen LogP contribution in [0.2, 0.25) is 0 Å². The van der Waals surface area contributed by atoms with Crippen LogP contribution < -0.4 is 10.6 Å². The molecule has 0 spiro atoms. The van der Waals surface area contributed by atoms with Crippen molar-refractivity contribution in [1.82, 2.24) is 5.32 Å². The number of anilines is 1. The summed E-state index contributed by atoms with van der Waals surface area (Å²) in [4.78, 5) is 12.0. The zero-order valence-electron chi connectivity index (χ0n) is 11.6. The van der Waals surface area contributed by atoms with E-state index in [1.165, 1.54) is 0 Å². The summed E-state index contributed by atoms with van der Waals surface area (Å²) in [5.74, 6) is -0.0733. The van der Waals surface area contributed by atoms with E-state index in [9.17, 15) is 9.90 Å². The number of nitrogens with one attached hydrogen (secondary N) is 2. The van der Waals surface area contributed by atoms with E-state index in [-0.39, 0.29) is 29.8 Å². The fraction of sp³-hybridized carbons (Fsp3) is 0.500. The molecule has 1 aromatic carbocycles. The van der Waals surface area contributed by atoms with Gasteiger partial charge in [-0.3, -0.25) is 4.79 Å². The highest BCUT2D eigenvalue weighted by molar-refractivity contribution is 7.99. The number of hydrogen-bond acceptors (Lipinski definition) is 4. The fourth-order valence-electron chi connectivity index (χ4n) is 1.79. The zero-order valence-corrected chi connectivity index (χ0v) is 12.4. The Kier molecular flexibility index (Phi) is 6.91. The summed E-state index contributed by atoms with van der Waals surface area (Å²) >= 11 is 1.59. The molecule has 0 radical (unpaired) electrons. The number of benzene rings is 1. The maximum Gasteiger partial charge on any atom is 0.241 e. The predicted octanol–water partition coefficient (Wildman–Crippen LogP) is 1.72. The molecule has 5 heteroatoms. The van der Waals surface area contributed by atoms with Crippen molar-refractivity contribution >= 4 is 23.4 Å². The van der Waals surface area contributed by atoms with Gasteiger partial charge in [0.15, 0.2) is 0 Å². The van der Waals surface area contributed by atoms with Gasteiger partial charge >= 0.3 is 0 Å². The molecule has 106 valence electrons. The van der Waals surface area contributed by atoms with E-state index in [4.69, 9.17) is 0 Å². The molecule has 19 heavy (non-hydrogen) atoms. The summed E-state index contributed by atoms with van der Waals surface area (Å²) in [5.41, 5.74) is 0.789. The first-order valence-corrected chi connectivity index (χ1v) is 7.63. The van der Waals surface area contributed by atoms with E-state index in [0.717, 1.165) is 5.69 Å². The van der Waals surface area contributed by atoms with Crippen molar-refractivity contribution in [3.8, 4) is 0 Å². The number of carbonyl (C=O) groups is 1. The van der Waals surface area contributed by atoms with Gasteiger partial charge in [0.2, 0.25) is 5.91 Å². The first-order valence-electron chi connectivity index (χ1n) is 6.34. The summed E-state index contributed by atoms with van der Waals surface area (Å²) in [7, 11) is 0. The average molecular weight is 282 g/mol. The average Bonchev–Trinajstić information content (AvgIpc) is 2.41. The third-order valence-electron chi connectivity index (χ3n) is 2.99. The van der Waals surface area contributed by atoms with Gasteiger partial charge in [0.05, 0.1) is 12.6 Å². The van der Waals surface area contributed by atoms with Crippen molar-refractivity contribution in [1.29, 1.82) is 0 Å². The van der Waals surface area contributed by atoms with Crippen LogP contribution in [0.1, 0.15) is 13.8 Å². The van der Waals surface area contributed by atoms with Crippen LogP contribution in [0.4, 0.5) is 5.69 Å². The van der Waals surface area contributed by atoms with Gasteiger partial charge in [-0.25, -0.2) is 0 Å². The first kappa shape index (κ1) is 16.0. The van der Waals surface area contributed by atoms with Crippen LogP contribution in [-0.2, 0) is 4.79 Å². The molecular weight excluding hydrogens is 260 g/mol. The lowest BCUT2D eigenvalue weighted by molar-refractivity contribution is -0.117. The maximum absolute atomic E-state index is 12.0. The molecule has 1 amide bonds. The minimum atomic E-state index is -0.309. The quantitative estimate of drug-likeness (QED) is 0.712. The molecule has 0 aromatic heterocycles. The Balaban J connectivity index is 2.49. The standard InChI is InChI=1S/C14H22N2O2S/c1-10(13(9-17)19-3)15-11(2)14(18)16-12-7-5-4-6-8-12/h4-8,10-11,13,15,17H,9H2,1-3H3,(H,16,18). The summed E-state index contributed by atoms with van der Waals surface area (Å²) in [6.07, 6.45) is 1.95. The predicted molar refractivity (Wildman–Crippen MR) is 81.5 cm³/mol. The van der Waals surface area contributed by atoms with Gasteiger partial charge in [-0.15, -0.1) is 0 Å². The van der Waals surface area contributed by atoms with Crippen molar-refractivity contribution in [3.05, 3.63) is 30.3 Å². The molecule has 4 nitrogen and oxygen atoms in total. The van der Waals surface area contributed by atoms with Gasteiger partial charge in [0.1, 0.15) is 0 Å². The van der Waals surface area contributed by atoms with Crippen LogP contribution in [0, 0.1) is 0 Å². The Morgan fingerprint density at radius 1 is 1.32 bits per heavy atom. The molecule has 3 N–H and O–H groups in total. The molecule has 0 saturated heterocycles. The van der Waals surface area contributed by atoms with Gasteiger partial charge in [-0.2, -0.15) is 11.8 Å². The van der Waals surface area contributed by atoms with Crippen LogP contribution in [0.15, 0.2) is 30.3 Å². The second-order valence-corrected chi connectivity index (χ2v) is 5.57. The molecule has 0 aliphatic carbocycles. The molecule has 0 heterocycles. The number of amides is 1. The zero-order chi connectivity index (χ0) is 14.3. The van der Waals surface area contributed by atoms with Crippen LogP contribution in [0.25, 0.3) is 0 Å². The van der Waals surface area contributed by atoms with Crippen LogP contribution in [-0.4, -0.2) is 41.2 Å². The smallest absolute Gasteiger partial charge is 0.241 e. The van der Waals surface area contributed by atoms with E-state index in [1.807, 2.05) is 50.4 Å². The lowest BCUT2D eigenvalue weighted by Crippen LogP contribution is -2.47. The van der Waals surface area contributed by atoms with Gasteiger partial charge in [0.25, 0.3) is 0 Å². The second kappa shape index (κ2) is 8.19. The molecule has 1 aromatic rings. The minimum Gasteiger partial charge on any atom is -0.395 e. The number of thioether (sulfide) groups is 1. The molecular formula is C14H22N2O2S. The molecule has 0 saturated carbocycles. The largest absolute Gasteiger partial charge is 0.395 e. The van der Waals surface area contributed by atoms with E-state index in [2.05, 4.69) is 10.6 Å². The maximum atomic E-state index is 12.0. The lowest BCUT2D eigenvalue weighted by Gasteiger charge is -2.24. The summed E-state index contributed by atoms with van der Waals surface area (Å²) in [6, 6.07) is 9.13. The monoisotopic (exact) mass is 282 g/mol. The molecule has 0 aliphatic rings. The molecule has 1 rings (SSSR count). The topological polar surface area (TPSA) is 61.4 Å². The molecule has 0 bridgehead atoms. The second-order valence-electron chi connectivity index (χ2n) is 4.49. The van der Waals surface area contributed by atoms with Gasteiger partial charge in [0, 0.05) is 17.0 Å². The molecule has 3 unspecified atom stereocenters. The molecule has 3 atom stereocenters. The number of carbonyl (C=O) groups excluding carboxylic acids is 1. The number of aliphatic hydroxyl groups is 1. The number of aliphatic hydroxyl groups excluding tert-OH is 1. The third-order valence-corrected chi connectivity index (χ3v) is 4.15. The number of para-hydroxylation sites is 1. The van der Waals surface area contributed by atoms with Gasteiger partial charge < -0.3 is 15.7 Å². The van der Waals surface area contributed by atoms with Crippen LogP contribution in [0.5, 0.6) is 0 Å². The Bertz CT molecular complexity index is 382. The summed E-state index contributed by atoms with van der Waals surface area (Å²) in [5, 5.41) is 15.4. The highest BCUT2D eigenvalue weighted by Gasteiger charge is 2.20. The molecule has 0 aliphatic heterocycles. The van der Waals surface area contributed by atoms with E-state index < -0.39 is 0 Å². The highest BCUT2D eigenvalue weighted by atomic mass is 32.2. The highest BCUT2D eigenvalue weighted by Crippen LogP contribution is 2.11. The van der Waals surface area contributed by atoms with Crippen molar-refractivity contribution in [2.45, 2.75) is 31.2 Å². The summed E-state index contributed by atoms with van der Waals surface area (Å²) in [6.45, 7) is 3.90. The first-order chi connectivity index (χ1) is 9.08. The van der Waals surface area contributed by atoms with Crippen molar-refractivity contribution in [3.63, 3.8) is 0 Å². The van der Waals surface area contributed by atoms with E-state index in [0.29, 0.717) is 0 Å². The minimum absolute atomic E-state index is 0.0662. The van der Waals surface area contributed by atoms with Crippen LogP contribution in [0.3, 0.4) is 0 Å². The van der Waals surface area contributed by atoms with Gasteiger partial charge in [-0.1, -0.05) is 18.2 Å². The number of hydrogen-bond donors (Lipinski definition) is 3. The van der Waals surface area contributed by atoms with Crippen LogP contribution >= 0.6 is 11.8 Å². The SMILES string of the molecule is CSC(CO)C(C)NC(C)C(=O)Nc1ccccc1. The van der Waals surface area contributed by atoms with Gasteiger partial charge in [-0.05, 0) is 32.2 Å². The van der Waals surface area contributed by atoms with E-state index in [1.54, 1.807) is 11.8 Å². The Hall–Kier alpha value is -1.04. The molecule has 0 fully saturated rings. The lowest BCUT2D eigenvalue weighted by atomic mass is 10.2.